The van der Waals surface area contributed by atoms with Gasteiger partial charge >= 0.3 is 5.97 Å². The van der Waals surface area contributed by atoms with Gasteiger partial charge in [-0.1, -0.05) is 13.0 Å². The molecule has 9 heteroatoms. The molecule has 0 fully saturated rings. The van der Waals surface area contributed by atoms with Crippen molar-refractivity contribution < 1.29 is 27.5 Å². The number of amides is 1. The van der Waals surface area contributed by atoms with Crippen molar-refractivity contribution in [2.45, 2.75) is 18.2 Å². The minimum atomic E-state index is -3.91. The first-order chi connectivity index (χ1) is 13.4. The van der Waals surface area contributed by atoms with Gasteiger partial charge in [-0.3, -0.25) is 9.52 Å². The fourth-order valence-corrected chi connectivity index (χ4v) is 3.30. The molecule has 1 amide bonds. The second-order valence-electron chi connectivity index (χ2n) is 5.79. The van der Waals surface area contributed by atoms with Crippen molar-refractivity contribution in [1.29, 1.82) is 0 Å². The van der Waals surface area contributed by atoms with Crippen molar-refractivity contribution in [3.63, 3.8) is 0 Å². The molecule has 0 saturated heterocycles. The first kappa shape index (κ1) is 21.2. The van der Waals surface area contributed by atoms with E-state index in [9.17, 15) is 18.0 Å². The lowest BCUT2D eigenvalue weighted by Gasteiger charge is -2.10. The van der Waals surface area contributed by atoms with Gasteiger partial charge in [-0.05, 0) is 48.9 Å². The van der Waals surface area contributed by atoms with Crippen LogP contribution in [0.1, 0.15) is 23.7 Å². The number of carbonyl (C=O) groups excluding carboxylic acids is 2. The van der Waals surface area contributed by atoms with Crippen molar-refractivity contribution in [2.75, 3.05) is 25.0 Å². The summed E-state index contributed by atoms with van der Waals surface area (Å²) in [7, 11) is -2.40. The number of hydrogen-bond acceptors (Lipinski definition) is 6. The second-order valence-corrected chi connectivity index (χ2v) is 7.47. The van der Waals surface area contributed by atoms with Crippen LogP contribution in [0.15, 0.2) is 53.4 Å². The van der Waals surface area contributed by atoms with Crippen LogP contribution in [0.5, 0.6) is 5.75 Å². The first-order valence-electron chi connectivity index (χ1n) is 8.56. The molecule has 150 valence electrons. The van der Waals surface area contributed by atoms with Crippen LogP contribution in [0.3, 0.4) is 0 Å². The Bertz CT molecular complexity index is 926. The van der Waals surface area contributed by atoms with E-state index in [2.05, 4.69) is 10.0 Å². The monoisotopic (exact) mass is 406 g/mol. The summed E-state index contributed by atoms with van der Waals surface area (Å²) in [6.45, 7) is 1.96. The van der Waals surface area contributed by atoms with Crippen molar-refractivity contribution in [3.05, 3.63) is 54.1 Å². The van der Waals surface area contributed by atoms with E-state index in [1.54, 1.807) is 24.3 Å². The number of esters is 1. The average Bonchev–Trinajstić information content (AvgIpc) is 2.70. The normalized spacial score (nSPS) is 10.8. The van der Waals surface area contributed by atoms with Crippen LogP contribution in [0.25, 0.3) is 0 Å². The zero-order chi connectivity index (χ0) is 20.6. The van der Waals surface area contributed by atoms with Crippen LogP contribution in [0.2, 0.25) is 0 Å². The zero-order valence-corrected chi connectivity index (χ0v) is 16.4. The van der Waals surface area contributed by atoms with Crippen LogP contribution >= 0.6 is 0 Å². The van der Waals surface area contributed by atoms with E-state index in [4.69, 9.17) is 9.47 Å². The predicted molar refractivity (Wildman–Crippen MR) is 104 cm³/mol. The van der Waals surface area contributed by atoms with Gasteiger partial charge in [0.2, 0.25) is 0 Å². The number of carbonyl (C=O) groups is 2. The highest BCUT2D eigenvalue weighted by molar-refractivity contribution is 7.92. The lowest BCUT2D eigenvalue weighted by molar-refractivity contribution is -0.124. The number of nitrogens with one attached hydrogen (secondary N) is 2. The summed E-state index contributed by atoms with van der Waals surface area (Å²) in [6.07, 6.45) is 0.765. The summed E-state index contributed by atoms with van der Waals surface area (Å²) in [6, 6.07) is 11.8. The molecule has 8 nitrogen and oxygen atoms in total. The molecule has 0 radical (unpaired) electrons. The second kappa shape index (κ2) is 9.75. The quantitative estimate of drug-likeness (QED) is 0.618. The van der Waals surface area contributed by atoms with Gasteiger partial charge in [0.1, 0.15) is 5.75 Å². The molecule has 0 spiro atoms. The van der Waals surface area contributed by atoms with Crippen molar-refractivity contribution in [3.8, 4) is 5.75 Å². The lowest BCUT2D eigenvalue weighted by Crippen LogP contribution is -2.29. The third-order valence-corrected chi connectivity index (χ3v) is 5.01. The number of anilines is 1. The Hall–Kier alpha value is -3.07. The van der Waals surface area contributed by atoms with E-state index >= 15 is 0 Å². The van der Waals surface area contributed by atoms with Crippen molar-refractivity contribution >= 4 is 27.6 Å². The molecule has 2 rings (SSSR count). The zero-order valence-electron chi connectivity index (χ0n) is 15.6. The van der Waals surface area contributed by atoms with Gasteiger partial charge in [0, 0.05) is 12.2 Å². The highest BCUT2D eigenvalue weighted by Gasteiger charge is 2.18. The van der Waals surface area contributed by atoms with Gasteiger partial charge in [0.15, 0.2) is 6.61 Å². The number of sulfonamides is 1. The molecule has 28 heavy (non-hydrogen) atoms. The number of hydrogen-bond donors (Lipinski definition) is 2. The molecule has 0 aliphatic rings. The van der Waals surface area contributed by atoms with Gasteiger partial charge in [0.25, 0.3) is 15.9 Å². The molecule has 0 atom stereocenters. The fourth-order valence-electron chi connectivity index (χ4n) is 2.19. The van der Waals surface area contributed by atoms with E-state index in [1.807, 2.05) is 6.92 Å². The number of ether oxygens (including phenoxy) is 2. The maximum absolute atomic E-state index is 12.6. The summed E-state index contributed by atoms with van der Waals surface area (Å²) >= 11 is 0. The maximum atomic E-state index is 12.6. The predicted octanol–water partition coefficient (Wildman–Crippen LogP) is 2.18. The fraction of sp³-hybridized carbons (Fsp3) is 0.263. The molecular weight excluding hydrogens is 384 g/mol. The van der Waals surface area contributed by atoms with E-state index in [0.29, 0.717) is 18.0 Å². The number of rotatable bonds is 9. The van der Waals surface area contributed by atoms with E-state index < -0.39 is 28.5 Å². The number of benzene rings is 2. The molecule has 0 saturated carbocycles. The summed E-state index contributed by atoms with van der Waals surface area (Å²) in [4.78, 5) is 23.5. The van der Waals surface area contributed by atoms with Gasteiger partial charge in [-0.15, -0.1) is 0 Å². The minimum Gasteiger partial charge on any atom is -0.497 e. The molecule has 2 aromatic carbocycles. The summed E-state index contributed by atoms with van der Waals surface area (Å²) < 4.78 is 37.5. The van der Waals surface area contributed by atoms with Crippen molar-refractivity contribution in [2.24, 2.45) is 0 Å². The SMILES string of the molecule is CCCNC(=O)COC(=O)c1cccc(S(=O)(=O)Nc2ccc(OC)cc2)c1. The molecule has 0 bridgehead atoms. The molecular formula is C19H22N2O6S. The number of methoxy groups -OCH3 is 1. The van der Waals surface area contributed by atoms with E-state index in [0.717, 1.165) is 6.42 Å². The van der Waals surface area contributed by atoms with Crippen molar-refractivity contribution in [1.82, 2.24) is 5.32 Å². The van der Waals surface area contributed by atoms with Crippen LogP contribution in [-0.4, -0.2) is 40.6 Å². The molecule has 0 unspecified atom stereocenters. The maximum Gasteiger partial charge on any atom is 0.338 e. The summed E-state index contributed by atoms with van der Waals surface area (Å²) in [5, 5.41) is 2.58. The van der Waals surface area contributed by atoms with Crippen LogP contribution < -0.4 is 14.8 Å². The standard InChI is InChI=1S/C19H22N2O6S/c1-3-11-20-18(22)13-27-19(23)14-5-4-6-17(12-14)28(24,25)21-15-7-9-16(26-2)10-8-15/h4-10,12,21H,3,11,13H2,1-2H3,(H,20,22). The Morgan fingerprint density at radius 3 is 2.43 bits per heavy atom. The van der Waals surface area contributed by atoms with Gasteiger partial charge in [-0.2, -0.15) is 0 Å². The third-order valence-electron chi connectivity index (χ3n) is 3.63. The molecule has 0 aliphatic heterocycles. The molecule has 0 heterocycles. The van der Waals surface area contributed by atoms with Gasteiger partial charge in [0.05, 0.1) is 17.6 Å². The third kappa shape index (κ3) is 5.98. The minimum absolute atomic E-state index is 0.0286. The van der Waals surface area contributed by atoms with Crippen LogP contribution in [-0.2, 0) is 19.6 Å². The first-order valence-corrected chi connectivity index (χ1v) is 10.0. The summed E-state index contributed by atoms with van der Waals surface area (Å²) in [5.74, 6) is -0.607. The van der Waals surface area contributed by atoms with Crippen LogP contribution in [0.4, 0.5) is 5.69 Å². The molecule has 0 aromatic heterocycles. The highest BCUT2D eigenvalue weighted by Crippen LogP contribution is 2.20. The van der Waals surface area contributed by atoms with Crippen LogP contribution in [0, 0.1) is 0 Å². The Labute approximate surface area is 163 Å². The Balaban J connectivity index is 2.07. The molecule has 2 N–H and O–H groups in total. The van der Waals surface area contributed by atoms with Gasteiger partial charge in [-0.25, -0.2) is 13.2 Å². The Kier molecular flexibility index (Phi) is 7.39. The topological polar surface area (TPSA) is 111 Å². The molecule has 0 aliphatic carbocycles. The Morgan fingerprint density at radius 2 is 1.79 bits per heavy atom. The molecule has 2 aromatic rings. The smallest absolute Gasteiger partial charge is 0.338 e. The lowest BCUT2D eigenvalue weighted by atomic mass is 10.2. The van der Waals surface area contributed by atoms with E-state index in [-0.39, 0.29) is 10.5 Å². The van der Waals surface area contributed by atoms with Gasteiger partial charge < -0.3 is 14.8 Å². The highest BCUT2D eigenvalue weighted by atomic mass is 32.2. The summed E-state index contributed by atoms with van der Waals surface area (Å²) in [5.41, 5.74) is 0.377. The average molecular weight is 406 g/mol. The Morgan fingerprint density at radius 1 is 1.07 bits per heavy atom. The largest absolute Gasteiger partial charge is 0.497 e. The van der Waals surface area contributed by atoms with E-state index in [1.165, 1.54) is 31.4 Å².